The second kappa shape index (κ2) is 2.58. The summed E-state index contributed by atoms with van der Waals surface area (Å²) in [7, 11) is 1.96. The Kier molecular flexibility index (Phi) is 1.74. The highest BCUT2D eigenvalue weighted by atomic mass is 15.3. The van der Waals surface area contributed by atoms with Gasteiger partial charge in [-0.3, -0.25) is 4.68 Å². The average molecular weight is 179 g/mol. The molecule has 0 fully saturated rings. The lowest BCUT2D eigenvalue weighted by Crippen LogP contribution is -2.33. The summed E-state index contributed by atoms with van der Waals surface area (Å²) in [4.78, 5) is 0. The molecule has 1 aromatic rings. The number of aromatic nitrogens is 2. The van der Waals surface area contributed by atoms with Crippen molar-refractivity contribution in [3.05, 3.63) is 17.5 Å². The number of nitrogens with two attached hydrogens (primary N) is 1. The second-order valence-corrected chi connectivity index (χ2v) is 4.67. The average Bonchev–Trinajstić information content (AvgIpc) is 2.40. The molecule has 1 unspecified atom stereocenters. The van der Waals surface area contributed by atoms with E-state index >= 15 is 0 Å². The molecule has 2 rings (SSSR count). The van der Waals surface area contributed by atoms with Gasteiger partial charge in [0, 0.05) is 24.8 Å². The molecule has 1 aliphatic rings. The van der Waals surface area contributed by atoms with Crippen LogP contribution in [-0.2, 0) is 13.5 Å². The third-order valence-corrected chi connectivity index (χ3v) is 3.12. The Hall–Kier alpha value is -0.830. The maximum atomic E-state index is 6.18. The van der Waals surface area contributed by atoms with E-state index < -0.39 is 0 Å². The van der Waals surface area contributed by atoms with Gasteiger partial charge in [-0.25, -0.2) is 0 Å². The highest BCUT2D eigenvalue weighted by Gasteiger charge is 2.34. The summed E-state index contributed by atoms with van der Waals surface area (Å²) < 4.78 is 1.87. The summed E-state index contributed by atoms with van der Waals surface area (Å²) in [6.07, 6.45) is 4.26. The Morgan fingerprint density at radius 3 is 3.00 bits per heavy atom. The second-order valence-electron chi connectivity index (χ2n) is 4.67. The van der Waals surface area contributed by atoms with Crippen LogP contribution < -0.4 is 5.73 Å². The van der Waals surface area contributed by atoms with Crippen LogP contribution in [-0.4, -0.2) is 9.78 Å². The van der Waals surface area contributed by atoms with Crippen LogP contribution in [0, 0.1) is 5.41 Å². The maximum absolute atomic E-state index is 6.18. The van der Waals surface area contributed by atoms with Crippen molar-refractivity contribution in [2.45, 2.75) is 32.7 Å². The van der Waals surface area contributed by atoms with Gasteiger partial charge in [-0.05, 0) is 18.3 Å². The lowest BCUT2D eigenvalue weighted by Gasteiger charge is -2.35. The summed E-state index contributed by atoms with van der Waals surface area (Å²) in [6.45, 7) is 4.46. The topological polar surface area (TPSA) is 43.8 Å². The van der Waals surface area contributed by atoms with Crippen LogP contribution in [0.1, 0.15) is 37.6 Å². The molecule has 0 radical (unpaired) electrons. The molecule has 1 atom stereocenters. The Morgan fingerprint density at radius 2 is 2.31 bits per heavy atom. The highest BCUT2D eigenvalue weighted by molar-refractivity contribution is 5.26. The highest BCUT2D eigenvalue weighted by Crippen LogP contribution is 2.41. The van der Waals surface area contributed by atoms with Gasteiger partial charge in [0.1, 0.15) is 0 Å². The van der Waals surface area contributed by atoms with Crippen molar-refractivity contribution in [2.24, 2.45) is 18.2 Å². The van der Waals surface area contributed by atoms with Crippen molar-refractivity contribution in [3.63, 3.8) is 0 Å². The summed E-state index contributed by atoms with van der Waals surface area (Å²) >= 11 is 0. The van der Waals surface area contributed by atoms with E-state index in [9.17, 15) is 0 Å². The summed E-state index contributed by atoms with van der Waals surface area (Å²) in [5.74, 6) is 0. The molecule has 0 amide bonds. The zero-order valence-corrected chi connectivity index (χ0v) is 8.54. The zero-order chi connectivity index (χ0) is 9.64. The third kappa shape index (κ3) is 1.27. The monoisotopic (exact) mass is 179 g/mol. The van der Waals surface area contributed by atoms with Gasteiger partial charge in [0.2, 0.25) is 0 Å². The lowest BCUT2D eigenvalue weighted by molar-refractivity contribution is 0.248. The molecule has 1 aliphatic carbocycles. The molecule has 0 bridgehead atoms. The van der Waals surface area contributed by atoms with E-state index in [2.05, 4.69) is 25.1 Å². The number of nitrogens with zero attached hydrogens (tertiary/aromatic N) is 2. The normalized spacial score (nSPS) is 25.7. The van der Waals surface area contributed by atoms with Gasteiger partial charge in [0.25, 0.3) is 0 Å². The van der Waals surface area contributed by atoms with E-state index in [-0.39, 0.29) is 11.5 Å². The molecule has 3 nitrogen and oxygen atoms in total. The first-order valence-corrected chi connectivity index (χ1v) is 4.79. The SMILES string of the molecule is Cn1cc2c(n1)CCC(C)(C)C2N. The van der Waals surface area contributed by atoms with Gasteiger partial charge in [-0.1, -0.05) is 13.8 Å². The number of fused-ring (bicyclic) bond motifs is 1. The predicted molar refractivity (Wildman–Crippen MR) is 52.2 cm³/mol. The van der Waals surface area contributed by atoms with Crippen molar-refractivity contribution in [1.29, 1.82) is 0 Å². The minimum atomic E-state index is 0.143. The van der Waals surface area contributed by atoms with Crippen molar-refractivity contribution < 1.29 is 0 Å². The minimum Gasteiger partial charge on any atom is -0.323 e. The minimum absolute atomic E-state index is 0.143. The van der Waals surface area contributed by atoms with Crippen LogP contribution in [0.2, 0.25) is 0 Å². The summed E-state index contributed by atoms with van der Waals surface area (Å²) in [6, 6.07) is 0.143. The Labute approximate surface area is 78.9 Å². The van der Waals surface area contributed by atoms with Crippen LogP contribution in [0.4, 0.5) is 0 Å². The molecule has 72 valence electrons. The first-order valence-electron chi connectivity index (χ1n) is 4.79. The molecular formula is C10H17N3. The molecule has 1 aromatic heterocycles. The van der Waals surface area contributed by atoms with E-state index in [0.717, 1.165) is 12.8 Å². The van der Waals surface area contributed by atoms with Crippen LogP contribution in [0.15, 0.2) is 6.20 Å². The molecule has 13 heavy (non-hydrogen) atoms. The fraction of sp³-hybridized carbons (Fsp3) is 0.700. The van der Waals surface area contributed by atoms with Gasteiger partial charge in [-0.15, -0.1) is 0 Å². The molecule has 0 spiro atoms. The number of hydrogen-bond acceptors (Lipinski definition) is 2. The van der Waals surface area contributed by atoms with E-state index in [1.807, 2.05) is 11.7 Å². The van der Waals surface area contributed by atoms with Gasteiger partial charge in [0.15, 0.2) is 0 Å². The van der Waals surface area contributed by atoms with Crippen molar-refractivity contribution >= 4 is 0 Å². The third-order valence-electron chi connectivity index (χ3n) is 3.12. The number of rotatable bonds is 0. The van der Waals surface area contributed by atoms with Crippen LogP contribution in [0.5, 0.6) is 0 Å². The quantitative estimate of drug-likeness (QED) is 0.654. The van der Waals surface area contributed by atoms with Crippen LogP contribution in [0.25, 0.3) is 0 Å². The van der Waals surface area contributed by atoms with Gasteiger partial charge >= 0.3 is 0 Å². The zero-order valence-electron chi connectivity index (χ0n) is 8.54. The van der Waals surface area contributed by atoms with Crippen molar-refractivity contribution in [1.82, 2.24) is 9.78 Å². The van der Waals surface area contributed by atoms with E-state index in [4.69, 9.17) is 5.73 Å². The van der Waals surface area contributed by atoms with Gasteiger partial charge in [0.05, 0.1) is 5.69 Å². The molecular weight excluding hydrogens is 162 g/mol. The Bertz CT molecular complexity index is 325. The first-order chi connectivity index (χ1) is 6.00. The predicted octanol–water partition coefficient (Wildman–Crippen LogP) is 1.39. The molecule has 0 saturated carbocycles. The van der Waals surface area contributed by atoms with Crippen molar-refractivity contribution in [3.8, 4) is 0 Å². The largest absolute Gasteiger partial charge is 0.323 e. The lowest BCUT2D eigenvalue weighted by atomic mass is 9.73. The molecule has 0 aromatic carbocycles. The van der Waals surface area contributed by atoms with E-state index in [1.54, 1.807) is 0 Å². The van der Waals surface area contributed by atoms with E-state index in [1.165, 1.54) is 11.3 Å². The fourth-order valence-electron chi connectivity index (χ4n) is 2.02. The number of hydrogen-bond donors (Lipinski definition) is 1. The van der Waals surface area contributed by atoms with Crippen LogP contribution in [0.3, 0.4) is 0 Å². The standard InChI is InChI=1S/C10H17N3/c1-10(2)5-4-8-7(9(10)11)6-13(3)12-8/h6,9H,4-5,11H2,1-3H3. The Balaban J connectivity index is 2.44. The van der Waals surface area contributed by atoms with Gasteiger partial charge < -0.3 is 5.73 Å². The smallest absolute Gasteiger partial charge is 0.0672 e. The first kappa shape index (κ1) is 8.75. The Morgan fingerprint density at radius 1 is 1.62 bits per heavy atom. The molecule has 0 saturated heterocycles. The fourth-order valence-corrected chi connectivity index (χ4v) is 2.02. The number of aryl methyl sites for hydroxylation is 2. The van der Waals surface area contributed by atoms with Crippen molar-refractivity contribution in [2.75, 3.05) is 0 Å². The summed E-state index contributed by atoms with van der Waals surface area (Å²) in [5, 5.41) is 4.40. The van der Waals surface area contributed by atoms with Crippen LogP contribution >= 0.6 is 0 Å². The van der Waals surface area contributed by atoms with E-state index in [0.29, 0.717) is 0 Å². The molecule has 2 N–H and O–H groups in total. The molecule has 0 aliphatic heterocycles. The maximum Gasteiger partial charge on any atom is 0.0672 e. The molecule has 1 heterocycles. The molecule has 3 heteroatoms. The van der Waals surface area contributed by atoms with Gasteiger partial charge in [-0.2, -0.15) is 5.10 Å². The summed E-state index contributed by atoms with van der Waals surface area (Å²) in [5.41, 5.74) is 8.83.